The Morgan fingerprint density at radius 3 is 2.57 bits per heavy atom. The summed E-state index contributed by atoms with van der Waals surface area (Å²) in [4.78, 5) is 28.5. The van der Waals surface area contributed by atoms with Crippen LogP contribution in [0.2, 0.25) is 0 Å². The number of aromatic nitrogens is 4. The zero-order valence-corrected chi connectivity index (χ0v) is 23.6. The van der Waals surface area contributed by atoms with E-state index in [1.807, 2.05) is 17.5 Å². The second kappa shape index (κ2) is 9.56. The average molecular weight is 574 g/mol. The van der Waals surface area contributed by atoms with Crippen LogP contribution >= 0.6 is 0 Å². The molecular formula is C31H30F3N7O. The molecule has 1 aliphatic carbocycles. The van der Waals surface area contributed by atoms with Crippen LogP contribution in [0.1, 0.15) is 55.5 Å². The van der Waals surface area contributed by atoms with Gasteiger partial charge in [-0.25, -0.2) is 15.0 Å². The summed E-state index contributed by atoms with van der Waals surface area (Å²) in [6, 6.07) is 8.32. The number of halogens is 3. The number of benzene rings is 1. The Bertz CT molecular complexity index is 1770. The van der Waals surface area contributed by atoms with E-state index in [1.54, 1.807) is 30.5 Å². The fourth-order valence-electron chi connectivity index (χ4n) is 6.71. The van der Waals surface area contributed by atoms with E-state index in [1.165, 1.54) is 0 Å². The number of likely N-dealkylation sites (tertiary alicyclic amines) is 1. The summed E-state index contributed by atoms with van der Waals surface area (Å²) in [7, 11) is 0. The molecular weight excluding hydrogens is 543 g/mol. The summed E-state index contributed by atoms with van der Waals surface area (Å²) in [6.07, 6.45) is -0.000725. The molecule has 3 N–H and O–H groups in total. The second-order valence-corrected chi connectivity index (χ2v) is 11.6. The zero-order valence-electron chi connectivity index (χ0n) is 23.6. The molecule has 1 aliphatic heterocycles. The predicted molar refractivity (Wildman–Crippen MR) is 153 cm³/mol. The normalized spacial score (nSPS) is 22.8. The van der Waals surface area contributed by atoms with Crippen LogP contribution in [0.4, 0.5) is 24.8 Å². The first-order valence-corrected chi connectivity index (χ1v) is 13.6. The van der Waals surface area contributed by atoms with Gasteiger partial charge in [-0.05, 0) is 42.5 Å². The lowest BCUT2D eigenvalue weighted by Gasteiger charge is -2.32. The van der Waals surface area contributed by atoms with Gasteiger partial charge >= 0.3 is 6.18 Å². The number of rotatable bonds is 5. The number of imidazole rings is 1. The first-order valence-electron chi connectivity index (χ1n) is 13.6. The molecule has 42 heavy (non-hydrogen) atoms. The van der Waals surface area contributed by atoms with Crippen molar-refractivity contribution in [3.8, 4) is 23.1 Å². The number of hydrogen-bond acceptors (Lipinski definition) is 6. The van der Waals surface area contributed by atoms with Crippen molar-refractivity contribution in [1.29, 1.82) is 0 Å². The minimum Gasteiger partial charge on any atom is -0.382 e. The summed E-state index contributed by atoms with van der Waals surface area (Å²) in [5.74, 6) is 7.16. The molecule has 8 nitrogen and oxygen atoms in total. The first kappa shape index (κ1) is 27.7. The van der Waals surface area contributed by atoms with Crippen molar-refractivity contribution in [1.82, 2.24) is 24.3 Å². The summed E-state index contributed by atoms with van der Waals surface area (Å²) < 4.78 is 41.2. The van der Waals surface area contributed by atoms with Gasteiger partial charge < -0.3 is 11.1 Å². The van der Waals surface area contributed by atoms with Gasteiger partial charge in [-0.2, -0.15) is 13.2 Å². The van der Waals surface area contributed by atoms with Gasteiger partial charge in [0.05, 0.1) is 18.2 Å². The Morgan fingerprint density at radius 1 is 1.14 bits per heavy atom. The highest BCUT2D eigenvalue weighted by Gasteiger charge is 2.76. The fraction of sp³-hybridized carbons (Fsp3) is 0.355. The van der Waals surface area contributed by atoms with Gasteiger partial charge in [0.2, 0.25) is 0 Å². The van der Waals surface area contributed by atoms with Crippen molar-refractivity contribution in [2.24, 2.45) is 16.7 Å². The molecule has 0 spiro atoms. The monoisotopic (exact) mass is 573 g/mol. The smallest absolute Gasteiger partial charge is 0.382 e. The minimum atomic E-state index is -4.54. The number of piperidine rings is 1. The van der Waals surface area contributed by atoms with Crippen LogP contribution in [0.5, 0.6) is 0 Å². The van der Waals surface area contributed by atoms with Gasteiger partial charge in [0.1, 0.15) is 28.7 Å². The van der Waals surface area contributed by atoms with E-state index in [2.05, 4.69) is 52.8 Å². The van der Waals surface area contributed by atoms with E-state index >= 15 is 0 Å². The number of anilines is 2. The van der Waals surface area contributed by atoms with Crippen LogP contribution in [0, 0.1) is 28.6 Å². The summed E-state index contributed by atoms with van der Waals surface area (Å²) >= 11 is 0. The molecule has 1 saturated heterocycles. The lowest BCUT2D eigenvalue weighted by atomic mass is 9.88. The molecule has 2 fully saturated rings. The molecule has 216 valence electrons. The standard InChI is InChI=1S/C31H30F3N7O/c1-5-6-14-40-17-21-29(2,3)30(21,4)25(40)27-39-23(24-26(35)37-13-15-41(24)27)18-7-9-19(10-8-18)28(42)38-22-16-20(11-12-36-22)31(32,33)34/h7-13,15-16,21,25H,14,17H2,1-4H3,(H2,35,37)(H,36,38,42)/t21-,25-,30?/m1/s1. The lowest BCUT2D eigenvalue weighted by Crippen LogP contribution is -2.34. The molecule has 3 aromatic heterocycles. The maximum atomic E-state index is 13.1. The van der Waals surface area contributed by atoms with Crippen LogP contribution in [-0.4, -0.2) is 43.2 Å². The van der Waals surface area contributed by atoms with E-state index in [4.69, 9.17) is 10.7 Å². The van der Waals surface area contributed by atoms with Crippen LogP contribution in [0.25, 0.3) is 16.8 Å². The molecule has 6 rings (SSSR count). The molecule has 1 saturated carbocycles. The molecule has 1 unspecified atom stereocenters. The number of carbonyl (C=O) groups excluding carboxylic acids is 1. The Labute approximate surface area is 241 Å². The van der Waals surface area contributed by atoms with Gasteiger partial charge in [0.25, 0.3) is 5.91 Å². The van der Waals surface area contributed by atoms with Crippen molar-refractivity contribution in [2.45, 2.75) is 39.9 Å². The summed E-state index contributed by atoms with van der Waals surface area (Å²) in [5.41, 5.74) is 7.93. The first-order chi connectivity index (χ1) is 19.9. The number of pyridine rings is 1. The van der Waals surface area contributed by atoms with Gasteiger partial charge in [0.15, 0.2) is 0 Å². The number of nitrogens with zero attached hydrogens (tertiary/aromatic N) is 5. The number of nitrogen functional groups attached to an aromatic ring is 1. The number of nitrogens with one attached hydrogen (secondary N) is 1. The van der Waals surface area contributed by atoms with Crippen LogP contribution < -0.4 is 11.1 Å². The van der Waals surface area contributed by atoms with E-state index in [0.717, 1.165) is 36.3 Å². The van der Waals surface area contributed by atoms with Crippen LogP contribution in [-0.2, 0) is 6.18 Å². The molecule has 11 heteroatoms. The van der Waals surface area contributed by atoms with E-state index in [9.17, 15) is 18.0 Å². The van der Waals surface area contributed by atoms with Gasteiger partial charge in [0, 0.05) is 41.7 Å². The molecule has 4 aromatic rings. The highest BCUT2D eigenvalue weighted by Crippen LogP contribution is 2.78. The van der Waals surface area contributed by atoms with Crippen molar-refractivity contribution >= 4 is 23.1 Å². The van der Waals surface area contributed by atoms with Crippen molar-refractivity contribution < 1.29 is 18.0 Å². The van der Waals surface area contributed by atoms with Crippen molar-refractivity contribution in [3.05, 3.63) is 71.9 Å². The highest BCUT2D eigenvalue weighted by atomic mass is 19.4. The third-order valence-corrected chi connectivity index (χ3v) is 9.31. The Kier molecular flexibility index (Phi) is 6.31. The average Bonchev–Trinajstić information content (AvgIpc) is 3.26. The Hall–Kier alpha value is -4.43. The van der Waals surface area contributed by atoms with Gasteiger partial charge in [-0.1, -0.05) is 38.8 Å². The van der Waals surface area contributed by atoms with Gasteiger partial charge in [-0.3, -0.25) is 14.1 Å². The largest absolute Gasteiger partial charge is 0.416 e. The molecule has 2 aliphatic rings. The van der Waals surface area contributed by atoms with Crippen LogP contribution in [0.3, 0.4) is 0 Å². The summed E-state index contributed by atoms with van der Waals surface area (Å²) in [5, 5.41) is 2.44. The fourth-order valence-corrected chi connectivity index (χ4v) is 6.71. The van der Waals surface area contributed by atoms with E-state index < -0.39 is 17.6 Å². The SMILES string of the molecule is CC#CCN1C[C@@H]2C(C)(C)C2(C)[C@H]1c1nc(-c2ccc(C(=O)Nc3cc(C(F)(F)F)ccn3)cc2)c2c(N)nccn12. The Morgan fingerprint density at radius 2 is 1.88 bits per heavy atom. The number of carbonyl (C=O) groups is 1. The minimum absolute atomic E-state index is 0.00158. The molecule has 1 aromatic carbocycles. The predicted octanol–water partition coefficient (Wildman–Crippen LogP) is 5.69. The summed E-state index contributed by atoms with van der Waals surface area (Å²) in [6.45, 7) is 10.3. The number of alkyl halides is 3. The molecule has 3 atom stereocenters. The molecule has 1 amide bonds. The molecule has 0 radical (unpaired) electrons. The maximum Gasteiger partial charge on any atom is 0.416 e. The van der Waals surface area contributed by atoms with Gasteiger partial charge in [-0.15, -0.1) is 5.92 Å². The maximum absolute atomic E-state index is 13.1. The zero-order chi connectivity index (χ0) is 30.0. The quantitative estimate of drug-likeness (QED) is 0.298. The number of hydrogen-bond donors (Lipinski definition) is 2. The van der Waals surface area contributed by atoms with E-state index in [-0.39, 0.29) is 28.3 Å². The Balaban J connectivity index is 1.35. The second-order valence-electron chi connectivity index (χ2n) is 11.6. The number of nitrogens with two attached hydrogens (primary N) is 1. The number of amides is 1. The molecule has 0 bridgehead atoms. The van der Waals surface area contributed by atoms with Crippen LogP contribution in [0.15, 0.2) is 55.0 Å². The lowest BCUT2D eigenvalue weighted by molar-refractivity contribution is -0.137. The van der Waals surface area contributed by atoms with Crippen molar-refractivity contribution in [2.75, 3.05) is 24.1 Å². The third kappa shape index (κ3) is 4.20. The number of fused-ring (bicyclic) bond motifs is 2. The highest BCUT2D eigenvalue weighted by molar-refractivity contribution is 6.04. The van der Waals surface area contributed by atoms with Crippen molar-refractivity contribution in [3.63, 3.8) is 0 Å². The third-order valence-electron chi connectivity index (χ3n) is 9.31. The topological polar surface area (TPSA) is 101 Å². The molecule has 4 heterocycles. The van der Waals surface area contributed by atoms with E-state index in [0.29, 0.717) is 29.5 Å².